The van der Waals surface area contributed by atoms with Crippen molar-refractivity contribution in [2.45, 2.75) is 19.6 Å². The van der Waals surface area contributed by atoms with E-state index in [0.29, 0.717) is 38.5 Å². The summed E-state index contributed by atoms with van der Waals surface area (Å²) in [5.74, 6) is -0.344. The topological polar surface area (TPSA) is 69.9 Å². The van der Waals surface area contributed by atoms with Gasteiger partial charge in [0.15, 0.2) is 4.80 Å². The van der Waals surface area contributed by atoms with Gasteiger partial charge >= 0.3 is 5.97 Å². The quantitative estimate of drug-likeness (QED) is 0.172. The number of fused-ring (bicyclic) bond motifs is 2. The Morgan fingerprint density at radius 2 is 1.66 bits per heavy atom. The minimum atomic E-state index is -0.876. The molecule has 0 bridgehead atoms. The fourth-order valence-corrected chi connectivity index (χ4v) is 6.83. The summed E-state index contributed by atoms with van der Waals surface area (Å²) >= 11 is 1.23. The summed E-state index contributed by atoms with van der Waals surface area (Å²) in [6.07, 6.45) is 1.80. The second-order valence-electron chi connectivity index (χ2n) is 11.0. The van der Waals surface area contributed by atoms with Crippen molar-refractivity contribution in [3.05, 3.63) is 175 Å². The van der Waals surface area contributed by atoms with E-state index in [9.17, 15) is 14.0 Å². The lowest BCUT2D eigenvalue weighted by Crippen LogP contribution is -2.40. The first kappa shape index (κ1) is 30.1. The van der Waals surface area contributed by atoms with Crippen LogP contribution in [0.15, 0.2) is 137 Å². The second kappa shape index (κ2) is 13.0. The van der Waals surface area contributed by atoms with Crippen molar-refractivity contribution in [3.63, 3.8) is 0 Å². The molecule has 0 fully saturated rings. The largest absolute Gasteiger partial charge is 0.489 e. The maximum absolute atomic E-state index is 14.2. The number of carbonyl (C=O) groups is 1. The number of thiazole rings is 1. The molecular weight excluding hydrogens is 612 g/mol. The minimum absolute atomic E-state index is 0.143. The number of esters is 1. The number of rotatable bonds is 8. The number of hydrogen-bond acceptors (Lipinski definition) is 6. The summed E-state index contributed by atoms with van der Waals surface area (Å²) in [5, 5.41) is 2.29. The van der Waals surface area contributed by atoms with E-state index < -0.39 is 17.8 Å². The Morgan fingerprint density at radius 3 is 2.47 bits per heavy atom. The molecular formula is C39H29FN2O4S. The van der Waals surface area contributed by atoms with Gasteiger partial charge in [0.05, 0.1) is 28.5 Å². The zero-order valence-corrected chi connectivity index (χ0v) is 26.2. The van der Waals surface area contributed by atoms with Crippen molar-refractivity contribution in [2.24, 2.45) is 4.99 Å². The van der Waals surface area contributed by atoms with Crippen LogP contribution in [0.5, 0.6) is 5.75 Å². The molecule has 0 saturated heterocycles. The summed E-state index contributed by atoms with van der Waals surface area (Å²) in [6.45, 7) is 2.26. The average molecular weight is 641 g/mol. The van der Waals surface area contributed by atoms with Gasteiger partial charge in [-0.25, -0.2) is 14.2 Å². The fourth-order valence-electron chi connectivity index (χ4n) is 5.83. The van der Waals surface area contributed by atoms with Crippen molar-refractivity contribution in [1.29, 1.82) is 0 Å². The lowest BCUT2D eigenvalue weighted by atomic mass is 9.93. The van der Waals surface area contributed by atoms with Gasteiger partial charge in [-0.05, 0) is 64.7 Å². The minimum Gasteiger partial charge on any atom is -0.489 e. The summed E-state index contributed by atoms with van der Waals surface area (Å²) < 4.78 is 27.7. The molecule has 0 N–H and O–H groups in total. The number of ether oxygens (including phenoxy) is 2. The molecule has 6 aromatic rings. The normalized spacial score (nSPS) is 14.5. The highest BCUT2D eigenvalue weighted by Gasteiger charge is 2.35. The predicted octanol–water partition coefficient (Wildman–Crippen LogP) is 6.81. The van der Waals surface area contributed by atoms with Crippen LogP contribution in [0.3, 0.4) is 0 Å². The zero-order chi connectivity index (χ0) is 32.3. The third-order valence-electron chi connectivity index (χ3n) is 7.99. The van der Waals surface area contributed by atoms with Gasteiger partial charge in [0.25, 0.3) is 5.56 Å². The van der Waals surface area contributed by atoms with Crippen LogP contribution in [-0.4, -0.2) is 17.1 Å². The van der Waals surface area contributed by atoms with E-state index >= 15 is 0 Å². The van der Waals surface area contributed by atoms with E-state index in [-0.39, 0.29) is 17.7 Å². The first-order valence-electron chi connectivity index (χ1n) is 15.2. The highest BCUT2D eigenvalue weighted by atomic mass is 32.1. The van der Waals surface area contributed by atoms with Crippen LogP contribution in [0, 0.1) is 5.82 Å². The molecule has 7 rings (SSSR count). The standard InChI is InChI=1S/C39H29FN2O4S/c1-2-45-38(44)34-35(27-12-4-3-5-13-27)41-39-42(36(34)28-18-20-30(40)21-19-28)37(43)33(47-39)23-25-10-8-16-31(22-25)46-24-29-15-9-14-26-11-6-7-17-32(26)29/h3-23,36H,2,24H2,1H3/t36-/m1/s1. The maximum Gasteiger partial charge on any atom is 0.338 e. The Labute approximate surface area is 274 Å². The molecule has 8 heteroatoms. The first-order chi connectivity index (χ1) is 23.0. The molecule has 0 saturated carbocycles. The van der Waals surface area contributed by atoms with Crippen molar-refractivity contribution < 1.29 is 18.7 Å². The van der Waals surface area contributed by atoms with Gasteiger partial charge in [-0.3, -0.25) is 9.36 Å². The second-order valence-corrected chi connectivity index (χ2v) is 12.0. The summed E-state index contributed by atoms with van der Waals surface area (Å²) in [4.78, 5) is 33.0. The molecule has 0 spiro atoms. The van der Waals surface area contributed by atoms with Gasteiger partial charge < -0.3 is 9.47 Å². The monoisotopic (exact) mass is 640 g/mol. The van der Waals surface area contributed by atoms with Crippen molar-refractivity contribution >= 4 is 39.9 Å². The van der Waals surface area contributed by atoms with Crippen molar-refractivity contribution in [3.8, 4) is 5.75 Å². The summed E-state index contributed by atoms with van der Waals surface area (Å²) in [6, 6.07) is 36.2. The molecule has 47 heavy (non-hydrogen) atoms. The van der Waals surface area contributed by atoms with Crippen LogP contribution in [0.4, 0.5) is 4.39 Å². The molecule has 1 aromatic heterocycles. The van der Waals surface area contributed by atoms with Crippen molar-refractivity contribution in [1.82, 2.24) is 4.57 Å². The van der Waals surface area contributed by atoms with Crippen LogP contribution in [0.1, 0.15) is 35.2 Å². The highest BCUT2D eigenvalue weighted by Crippen LogP contribution is 2.35. The van der Waals surface area contributed by atoms with Gasteiger partial charge in [-0.15, -0.1) is 0 Å². The van der Waals surface area contributed by atoms with Crippen LogP contribution in [0.2, 0.25) is 0 Å². The molecule has 2 heterocycles. The third-order valence-corrected chi connectivity index (χ3v) is 8.97. The Morgan fingerprint density at radius 1 is 0.915 bits per heavy atom. The number of hydrogen-bond donors (Lipinski definition) is 0. The number of carbonyl (C=O) groups excluding carboxylic acids is 1. The van der Waals surface area contributed by atoms with E-state index in [1.54, 1.807) is 25.1 Å². The van der Waals surface area contributed by atoms with Gasteiger partial charge in [-0.2, -0.15) is 0 Å². The predicted molar refractivity (Wildman–Crippen MR) is 182 cm³/mol. The number of halogens is 1. The number of nitrogens with zero attached hydrogens (tertiary/aromatic N) is 2. The van der Waals surface area contributed by atoms with E-state index in [4.69, 9.17) is 14.5 Å². The summed E-state index contributed by atoms with van der Waals surface area (Å²) in [5.41, 5.74) is 3.43. The zero-order valence-electron chi connectivity index (χ0n) is 25.4. The summed E-state index contributed by atoms with van der Waals surface area (Å²) in [7, 11) is 0. The molecule has 1 atom stereocenters. The smallest absolute Gasteiger partial charge is 0.338 e. The van der Waals surface area contributed by atoms with Gasteiger partial charge in [0.2, 0.25) is 0 Å². The Hall–Kier alpha value is -5.60. The molecule has 0 amide bonds. The average Bonchev–Trinajstić information content (AvgIpc) is 3.41. The lowest BCUT2D eigenvalue weighted by molar-refractivity contribution is -0.138. The Kier molecular flexibility index (Phi) is 8.33. The fraction of sp³-hybridized carbons (Fsp3) is 0.103. The first-order valence-corrected chi connectivity index (χ1v) is 16.1. The van der Waals surface area contributed by atoms with Crippen LogP contribution in [-0.2, 0) is 16.1 Å². The van der Waals surface area contributed by atoms with E-state index in [0.717, 1.165) is 21.9 Å². The number of aromatic nitrogens is 1. The molecule has 0 unspecified atom stereocenters. The van der Waals surface area contributed by atoms with Crippen LogP contribution in [0.25, 0.3) is 22.5 Å². The molecule has 0 radical (unpaired) electrons. The molecule has 5 aromatic carbocycles. The molecule has 232 valence electrons. The van der Waals surface area contributed by atoms with E-state index in [1.807, 2.05) is 72.8 Å². The third kappa shape index (κ3) is 6.03. The molecule has 0 aliphatic carbocycles. The van der Waals surface area contributed by atoms with Crippen LogP contribution >= 0.6 is 11.3 Å². The Balaban J connectivity index is 1.32. The van der Waals surface area contributed by atoms with E-state index in [1.165, 1.54) is 28.0 Å². The Bertz CT molecular complexity index is 2320. The van der Waals surface area contributed by atoms with Gasteiger partial charge in [0.1, 0.15) is 18.2 Å². The highest BCUT2D eigenvalue weighted by molar-refractivity contribution is 7.07. The SMILES string of the molecule is CCOC(=O)C1=C(c2ccccc2)N=c2sc(=Cc3cccc(OCc4cccc5ccccc45)c3)c(=O)n2[C@@H]1c1ccc(F)cc1. The molecule has 6 nitrogen and oxygen atoms in total. The van der Waals surface area contributed by atoms with Crippen LogP contribution < -0.4 is 19.6 Å². The lowest BCUT2D eigenvalue weighted by Gasteiger charge is -2.25. The molecule has 1 aliphatic heterocycles. The van der Waals surface area contributed by atoms with Crippen molar-refractivity contribution in [2.75, 3.05) is 6.61 Å². The number of benzene rings is 5. The van der Waals surface area contributed by atoms with Gasteiger partial charge in [-0.1, -0.05) is 108 Å². The molecule has 1 aliphatic rings. The van der Waals surface area contributed by atoms with Gasteiger partial charge in [0, 0.05) is 5.56 Å². The van der Waals surface area contributed by atoms with E-state index in [2.05, 4.69) is 24.3 Å². The maximum atomic E-state index is 14.2.